The van der Waals surface area contributed by atoms with E-state index in [0.29, 0.717) is 31.9 Å². The van der Waals surface area contributed by atoms with Crippen molar-refractivity contribution < 1.29 is 9.59 Å². The van der Waals surface area contributed by atoms with Crippen molar-refractivity contribution in [2.45, 2.75) is 57.5 Å². The third-order valence-corrected chi connectivity index (χ3v) is 6.61. The van der Waals surface area contributed by atoms with Gasteiger partial charge in [0, 0.05) is 51.5 Å². The highest BCUT2D eigenvalue weighted by atomic mass is 16.2. The molecular formula is C25H33N5O2. The van der Waals surface area contributed by atoms with Gasteiger partial charge in [-0.1, -0.05) is 49.6 Å². The van der Waals surface area contributed by atoms with E-state index >= 15 is 0 Å². The number of carbonyl (C=O) groups excluding carboxylic acids is 2. The smallest absolute Gasteiger partial charge is 0.225 e. The number of rotatable bonds is 7. The maximum absolute atomic E-state index is 12.9. The van der Waals surface area contributed by atoms with Gasteiger partial charge in [-0.15, -0.1) is 0 Å². The van der Waals surface area contributed by atoms with E-state index < -0.39 is 0 Å². The van der Waals surface area contributed by atoms with E-state index in [4.69, 9.17) is 4.98 Å². The third-order valence-electron chi connectivity index (χ3n) is 6.61. The molecule has 2 aromatic rings. The molecule has 1 aliphatic carbocycles. The molecule has 0 spiro atoms. The first-order chi connectivity index (χ1) is 15.5. The minimum atomic E-state index is 0.0272. The highest BCUT2D eigenvalue weighted by Gasteiger charge is 2.32. The molecule has 1 saturated carbocycles. The second kappa shape index (κ2) is 10.1. The Morgan fingerprint density at radius 1 is 1.16 bits per heavy atom. The predicted molar refractivity (Wildman–Crippen MR) is 124 cm³/mol. The summed E-state index contributed by atoms with van der Waals surface area (Å²) in [6, 6.07) is 12.0. The molecular weight excluding hydrogens is 402 g/mol. The minimum Gasteiger partial charge on any atom is -0.373 e. The van der Waals surface area contributed by atoms with E-state index in [2.05, 4.69) is 10.3 Å². The minimum absolute atomic E-state index is 0.0272. The first kappa shape index (κ1) is 22.2. The highest BCUT2D eigenvalue weighted by Crippen LogP contribution is 2.30. The van der Waals surface area contributed by atoms with E-state index in [1.807, 2.05) is 55.4 Å². The Morgan fingerprint density at radius 3 is 2.62 bits per heavy atom. The van der Waals surface area contributed by atoms with Gasteiger partial charge >= 0.3 is 0 Å². The van der Waals surface area contributed by atoms with Crippen molar-refractivity contribution in [1.29, 1.82) is 0 Å². The van der Waals surface area contributed by atoms with Gasteiger partial charge in [-0.3, -0.25) is 9.59 Å². The summed E-state index contributed by atoms with van der Waals surface area (Å²) in [7, 11) is 3.67. The Balaban J connectivity index is 1.46. The number of carbonyl (C=O) groups is 2. The molecule has 4 rings (SSSR count). The monoisotopic (exact) mass is 435 g/mol. The Labute approximate surface area is 190 Å². The molecule has 1 N–H and O–H groups in total. The number of hydrogen-bond acceptors (Lipinski definition) is 5. The van der Waals surface area contributed by atoms with Crippen molar-refractivity contribution in [1.82, 2.24) is 19.8 Å². The molecule has 2 amide bonds. The summed E-state index contributed by atoms with van der Waals surface area (Å²) in [5.41, 5.74) is 1.99. The van der Waals surface area contributed by atoms with Crippen LogP contribution in [0.5, 0.6) is 0 Å². The first-order valence-corrected chi connectivity index (χ1v) is 11.7. The average molecular weight is 436 g/mol. The van der Waals surface area contributed by atoms with Crippen LogP contribution >= 0.6 is 0 Å². The number of nitrogens with zero attached hydrogens (tertiary/aromatic N) is 4. The van der Waals surface area contributed by atoms with Gasteiger partial charge in [0.2, 0.25) is 11.8 Å². The molecule has 1 atom stereocenters. The second-order valence-electron chi connectivity index (χ2n) is 9.03. The van der Waals surface area contributed by atoms with Crippen molar-refractivity contribution >= 4 is 17.6 Å². The summed E-state index contributed by atoms with van der Waals surface area (Å²) >= 11 is 0. The molecule has 2 fully saturated rings. The van der Waals surface area contributed by atoms with Crippen molar-refractivity contribution in [3.05, 3.63) is 53.5 Å². The molecule has 2 aliphatic rings. The molecule has 0 unspecified atom stereocenters. The number of benzene rings is 1. The van der Waals surface area contributed by atoms with Crippen molar-refractivity contribution in [3.8, 4) is 0 Å². The van der Waals surface area contributed by atoms with Crippen LogP contribution in [0.25, 0.3) is 0 Å². The molecule has 2 heterocycles. The molecule has 0 radical (unpaired) electrons. The van der Waals surface area contributed by atoms with Crippen LogP contribution in [0.1, 0.15) is 61.5 Å². The van der Waals surface area contributed by atoms with E-state index in [-0.39, 0.29) is 23.7 Å². The first-order valence-electron chi connectivity index (χ1n) is 11.7. The Morgan fingerprint density at radius 2 is 1.91 bits per heavy atom. The molecule has 0 bridgehead atoms. The lowest BCUT2D eigenvalue weighted by Gasteiger charge is -2.26. The lowest BCUT2D eigenvalue weighted by Crippen LogP contribution is -2.34. The molecule has 7 heteroatoms. The van der Waals surface area contributed by atoms with Gasteiger partial charge in [0.05, 0.1) is 12.2 Å². The van der Waals surface area contributed by atoms with Crippen LogP contribution in [0.3, 0.4) is 0 Å². The predicted octanol–water partition coefficient (Wildman–Crippen LogP) is 3.57. The van der Waals surface area contributed by atoms with Gasteiger partial charge in [-0.2, -0.15) is 0 Å². The van der Waals surface area contributed by atoms with Gasteiger partial charge in [-0.05, 0) is 18.4 Å². The van der Waals surface area contributed by atoms with Gasteiger partial charge in [0.15, 0.2) is 0 Å². The van der Waals surface area contributed by atoms with Crippen LogP contribution in [-0.2, 0) is 22.7 Å². The van der Waals surface area contributed by atoms with Crippen LogP contribution in [0.15, 0.2) is 36.4 Å². The third kappa shape index (κ3) is 5.26. The zero-order valence-corrected chi connectivity index (χ0v) is 19.1. The fraction of sp³-hybridized carbons (Fsp3) is 0.520. The molecule has 7 nitrogen and oxygen atoms in total. The Hall–Kier alpha value is -2.96. The summed E-state index contributed by atoms with van der Waals surface area (Å²) in [5.74, 6) is 1.83. The molecule has 1 aromatic carbocycles. The lowest BCUT2D eigenvalue weighted by atomic mass is 9.88. The zero-order valence-electron chi connectivity index (χ0n) is 19.1. The number of likely N-dealkylation sites (tertiary alicyclic amines) is 1. The van der Waals surface area contributed by atoms with Crippen LogP contribution in [0.2, 0.25) is 0 Å². The van der Waals surface area contributed by atoms with Gasteiger partial charge in [0.25, 0.3) is 0 Å². The van der Waals surface area contributed by atoms with E-state index in [1.54, 1.807) is 4.90 Å². The van der Waals surface area contributed by atoms with E-state index in [9.17, 15) is 9.59 Å². The zero-order chi connectivity index (χ0) is 22.5. The largest absolute Gasteiger partial charge is 0.373 e. The summed E-state index contributed by atoms with van der Waals surface area (Å²) in [4.78, 5) is 38.5. The van der Waals surface area contributed by atoms with Crippen LogP contribution in [0, 0.1) is 5.92 Å². The van der Waals surface area contributed by atoms with Gasteiger partial charge in [-0.25, -0.2) is 9.97 Å². The van der Waals surface area contributed by atoms with E-state index in [0.717, 1.165) is 42.8 Å². The maximum atomic E-state index is 12.9. The fourth-order valence-corrected chi connectivity index (χ4v) is 4.80. The fourth-order valence-electron chi connectivity index (χ4n) is 4.80. The van der Waals surface area contributed by atoms with Crippen molar-refractivity contribution in [2.75, 3.05) is 26.0 Å². The SMILES string of the molecule is CNc1cc([C@@H]2CC(=O)N(Cc3ccccc3)C2)nc(CN(C)C(=O)C2CCCCC2)n1. The quantitative estimate of drug-likeness (QED) is 0.719. The van der Waals surface area contributed by atoms with Gasteiger partial charge in [0.1, 0.15) is 11.6 Å². The Kier molecular flexibility index (Phi) is 7.02. The molecule has 170 valence electrons. The van der Waals surface area contributed by atoms with E-state index in [1.165, 1.54) is 6.42 Å². The number of amides is 2. The second-order valence-corrected chi connectivity index (χ2v) is 9.03. The summed E-state index contributed by atoms with van der Waals surface area (Å²) in [5, 5.41) is 3.11. The summed E-state index contributed by atoms with van der Waals surface area (Å²) < 4.78 is 0. The standard InChI is InChI=1S/C25H33N5O2/c1-26-22-14-21(20-13-24(31)30(16-20)15-18-9-5-3-6-10-18)27-23(28-22)17-29(2)25(32)19-11-7-4-8-12-19/h3,5-6,9-10,14,19-20H,4,7-8,11-13,15-17H2,1-2H3,(H,26,27,28)/t20-/m1/s1. The number of hydrogen-bond donors (Lipinski definition) is 1. The molecule has 32 heavy (non-hydrogen) atoms. The van der Waals surface area contributed by atoms with Crippen LogP contribution in [-0.4, -0.2) is 52.2 Å². The normalized spacial score (nSPS) is 19.2. The number of aromatic nitrogens is 2. The summed E-state index contributed by atoms with van der Waals surface area (Å²) in [6.07, 6.45) is 5.90. The number of nitrogens with one attached hydrogen (secondary N) is 1. The van der Waals surface area contributed by atoms with Crippen molar-refractivity contribution in [3.63, 3.8) is 0 Å². The number of anilines is 1. The highest BCUT2D eigenvalue weighted by molar-refractivity contribution is 5.80. The molecule has 1 aliphatic heterocycles. The van der Waals surface area contributed by atoms with Crippen LogP contribution in [0.4, 0.5) is 5.82 Å². The van der Waals surface area contributed by atoms with Crippen LogP contribution < -0.4 is 5.32 Å². The maximum Gasteiger partial charge on any atom is 0.225 e. The topological polar surface area (TPSA) is 78.4 Å². The Bertz CT molecular complexity index is 943. The summed E-state index contributed by atoms with van der Waals surface area (Å²) in [6.45, 7) is 1.64. The molecule has 1 saturated heterocycles. The van der Waals surface area contributed by atoms with Gasteiger partial charge < -0.3 is 15.1 Å². The lowest BCUT2D eigenvalue weighted by molar-refractivity contribution is -0.135. The molecule has 1 aromatic heterocycles. The average Bonchev–Trinajstić information content (AvgIpc) is 3.19. The van der Waals surface area contributed by atoms with Crippen molar-refractivity contribution in [2.24, 2.45) is 5.92 Å².